The van der Waals surface area contributed by atoms with E-state index in [9.17, 15) is 9.59 Å². The molecule has 0 radical (unpaired) electrons. The number of hydrogen-bond donors (Lipinski definition) is 2. The van der Waals surface area contributed by atoms with Crippen molar-refractivity contribution >= 4 is 23.5 Å². The fraction of sp³-hybridized carbons (Fsp3) is 0.786. The Bertz CT molecular complexity index is 651. The smallest absolute Gasteiger partial charge is 0.405 e. The van der Waals surface area contributed by atoms with Gasteiger partial charge in [-0.15, -0.1) is 11.3 Å². The molecule has 2 amide bonds. The van der Waals surface area contributed by atoms with E-state index >= 15 is 0 Å². The van der Waals surface area contributed by atoms with E-state index in [4.69, 9.17) is 9.47 Å². The van der Waals surface area contributed by atoms with Gasteiger partial charge in [-0.05, 0) is 12.8 Å². The lowest BCUT2D eigenvalue weighted by Gasteiger charge is -2.09. The number of carbonyl (C=O) groups excluding carboxylic acids is 2. The van der Waals surface area contributed by atoms with Crippen molar-refractivity contribution in [2.24, 2.45) is 0 Å². The molecule has 0 aliphatic heterocycles. The standard InChI is InChI=1S/C28H50N2O4S/c1-3-5-7-9-11-13-14-16-18-20-22-30-28(32)34-26-24-35-23-25(26)33-27(31)29-21-19-17-15-12-10-8-6-4-2/h23-24H,3-22H2,1-2H3,(H,29,31)(H,30,32). The molecule has 6 nitrogen and oxygen atoms in total. The second-order valence-electron chi connectivity index (χ2n) is 9.39. The summed E-state index contributed by atoms with van der Waals surface area (Å²) in [6.45, 7) is 5.65. The molecule has 0 aliphatic rings. The van der Waals surface area contributed by atoms with Crippen LogP contribution in [0, 0.1) is 0 Å². The SMILES string of the molecule is CCCCCCCCCCCCNC(=O)Oc1cscc1OC(=O)NCCCCCCCCCC. The van der Waals surface area contributed by atoms with Gasteiger partial charge in [0.1, 0.15) is 0 Å². The van der Waals surface area contributed by atoms with Gasteiger partial charge in [-0.1, -0.05) is 117 Å². The van der Waals surface area contributed by atoms with Gasteiger partial charge in [0.15, 0.2) is 11.5 Å². The van der Waals surface area contributed by atoms with E-state index in [1.165, 1.54) is 101 Å². The molecule has 0 bridgehead atoms. The highest BCUT2D eigenvalue weighted by molar-refractivity contribution is 7.08. The highest BCUT2D eigenvalue weighted by Gasteiger charge is 2.14. The minimum Gasteiger partial charge on any atom is -0.405 e. The van der Waals surface area contributed by atoms with Crippen LogP contribution in [0.25, 0.3) is 0 Å². The van der Waals surface area contributed by atoms with Crippen molar-refractivity contribution in [3.05, 3.63) is 10.8 Å². The maximum atomic E-state index is 12.1. The maximum absolute atomic E-state index is 12.1. The highest BCUT2D eigenvalue weighted by atomic mass is 32.1. The van der Waals surface area contributed by atoms with E-state index in [2.05, 4.69) is 24.5 Å². The van der Waals surface area contributed by atoms with Crippen molar-refractivity contribution in [1.82, 2.24) is 10.6 Å². The summed E-state index contributed by atoms with van der Waals surface area (Å²) in [5.41, 5.74) is 0. The normalized spacial score (nSPS) is 10.8. The van der Waals surface area contributed by atoms with Crippen LogP contribution in [-0.4, -0.2) is 25.3 Å². The molecule has 0 aromatic carbocycles. The molecule has 1 heterocycles. The minimum absolute atomic E-state index is 0.275. The molecule has 202 valence electrons. The van der Waals surface area contributed by atoms with Gasteiger partial charge >= 0.3 is 12.2 Å². The topological polar surface area (TPSA) is 76.7 Å². The third-order valence-corrected chi connectivity index (χ3v) is 6.80. The lowest BCUT2D eigenvalue weighted by atomic mass is 10.1. The second kappa shape index (κ2) is 22.7. The first-order valence-electron chi connectivity index (χ1n) is 14.1. The van der Waals surface area contributed by atoms with Crippen molar-refractivity contribution in [1.29, 1.82) is 0 Å². The van der Waals surface area contributed by atoms with E-state index in [-0.39, 0.29) is 11.5 Å². The summed E-state index contributed by atoms with van der Waals surface area (Å²) in [7, 11) is 0. The third-order valence-electron chi connectivity index (χ3n) is 6.10. The molecular formula is C28H50N2O4S. The van der Waals surface area contributed by atoms with E-state index in [1.807, 2.05) is 0 Å². The Labute approximate surface area is 217 Å². The van der Waals surface area contributed by atoms with Gasteiger partial charge in [0.05, 0.1) is 0 Å². The first kappa shape index (κ1) is 31.3. The lowest BCUT2D eigenvalue weighted by molar-refractivity contribution is 0.190. The van der Waals surface area contributed by atoms with Crippen LogP contribution in [0.3, 0.4) is 0 Å². The summed E-state index contributed by atoms with van der Waals surface area (Å²) < 4.78 is 10.7. The molecule has 1 aromatic rings. The Morgan fingerprint density at radius 1 is 0.571 bits per heavy atom. The van der Waals surface area contributed by atoms with Gasteiger partial charge in [0, 0.05) is 23.8 Å². The minimum atomic E-state index is -0.512. The Kier molecular flexibility index (Phi) is 20.3. The third kappa shape index (κ3) is 18.2. The van der Waals surface area contributed by atoms with Crippen LogP contribution in [0.2, 0.25) is 0 Å². The van der Waals surface area contributed by atoms with Crippen LogP contribution in [-0.2, 0) is 0 Å². The van der Waals surface area contributed by atoms with Crippen LogP contribution >= 0.6 is 11.3 Å². The molecule has 2 N–H and O–H groups in total. The molecule has 1 rings (SSSR count). The largest absolute Gasteiger partial charge is 0.412 e. The van der Waals surface area contributed by atoms with Crippen molar-refractivity contribution in [2.45, 2.75) is 129 Å². The number of unbranched alkanes of at least 4 members (excludes halogenated alkanes) is 16. The van der Waals surface area contributed by atoms with Crippen LogP contribution in [0.1, 0.15) is 129 Å². The van der Waals surface area contributed by atoms with Crippen molar-refractivity contribution < 1.29 is 19.1 Å². The zero-order chi connectivity index (χ0) is 25.4. The van der Waals surface area contributed by atoms with E-state index in [1.54, 1.807) is 10.8 Å². The predicted molar refractivity (Wildman–Crippen MR) is 147 cm³/mol. The summed E-state index contributed by atoms with van der Waals surface area (Å²) in [5, 5.41) is 8.89. The lowest BCUT2D eigenvalue weighted by Crippen LogP contribution is -2.29. The Morgan fingerprint density at radius 2 is 0.886 bits per heavy atom. The Hall–Kier alpha value is -1.76. The second-order valence-corrected chi connectivity index (χ2v) is 10.1. The number of amides is 2. The summed E-state index contributed by atoms with van der Waals surface area (Å²) in [6.07, 6.45) is 21.3. The average molecular weight is 511 g/mol. The zero-order valence-corrected chi connectivity index (χ0v) is 23.2. The quantitative estimate of drug-likeness (QED) is 0.153. The Morgan fingerprint density at radius 3 is 1.23 bits per heavy atom. The molecule has 0 saturated heterocycles. The van der Waals surface area contributed by atoms with E-state index in [0.717, 1.165) is 25.7 Å². The first-order valence-corrected chi connectivity index (χ1v) is 15.1. The Balaban J connectivity index is 2.06. The van der Waals surface area contributed by atoms with Crippen molar-refractivity contribution in [2.75, 3.05) is 13.1 Å². The van der Waals surface area contributed by atoms with Crippen LogP contribution in [0.15, 0.2) is 10.8 Å². The number of rotatable bonds is 22. The zero-order valence-electron chi connectivity index (χ0n) is 22.3. The molecule has 35 heavy (non-hydrogen) atoms. The number of nitrogens with one attached hydrogen (secondary N) is 2. The van der Waals surface area contributed by atoms with Gasteiger partial charge in [-0.2, -0.15) is 0 Å². The number of hydrogen-bond acceptors (Lipinski definition) is 5. The molecule has 0 atom stereocenters. The summed E-state index contributed by atoms with van der Waals surface area (Å²) in [4.78, 5) is 24.1. The van der Waals surface area contributed by atoms with Gasteiger partial charge in [-0.3, -0.25) is 0 Å². The van der Waals surface area contributed by atoms with E-state index < -0.39 is 12.2 Å². The van der Waals surface area contributed by atoms with Gasteiger partial charge in [0.2, 0.25) is 0 Å². The number of thiophene rings is 1. The fourth-order valence-electron chi connectivity index (χ4n) is 3.95. The van der Waals surface area contributed by atoms with Crippen LogP contribution < -0.4 is 20.1 Å². The molecule has 0 saturated carbocycles. The molecule has 0 spiro atoms. The maximum Gasteiger partial charge on any atom is 0.412 e. The summed E-state index contributed by atoms with van der Waals surface area (Å²) in [6, 6.07) is 0. The van der Waals surface area contributed by atoms with Crippen LogP contribution in [0.4, 0.5) is 9.59 Å². The first-order chi connectivity index (χ1) is 17.2. The molecular weight excluding hydrogens is 460 g/mol. The van der Waals surface area contributed by atoms with Gasteiger partial charge < -0.3 is 20.1 Å². The number of carbonyl (C=O) groups is 2. The average Bonchev–Trinajstić information content (AvgIpc) is 3.27. The monoisotopic (exact) mass is 510 g/mol. The van der Waals surface area contributed by atoms with E-state index in [0.29, 0.717) is 13.1 Å². The molecule has 1 aromatic heterocycles. The molecule has 0 unspecified atom stereocenters. The number of ether oxygens (including phenoxy) is 2. The summed E-state index contributed by atoms with van der Waals surface area (Å²) in [5.74, 6) is 0.551. The van der Waals surface area contributed by atoms with Crippen LogP contribution in [0.5, 0.6) is 11.5 Å². The van der Waals surface area contributed by atoms with Gasteiger partial charge in [0.25, 0.3) is 0 Å². The molecule has 7 heteroatoms. The van der Waals surface area contributed by atoms with Crippen molar-refractivity contribution in [3.8, 4) is 11.5 Å². The molecule has 0 fully saturated rings. The highest BCUT2D eigenvalue weighted by Crippen LogP contribution is 2.31. The van der Waals surface area contributed by atoms with Gasteiger partial charge in [-0.25, -0.2) is 9.59 Å². The summed E-state index contributed by atoms with van der Waals surface area (Å²) >= 11 is 1.33. The predicted octanol–water partition coefficient (Wildman–Crippen LogP) is 8.99. The molecule has 0 aliphatic carbocycles. The fourth-order valence-corrected chi connectivity index (χ4v) is 4.59. The van der Waals surface area contributed by atoms with Crippen molar-refractivity contribution in [3.63, 3.8) is 0 Å².